The maximum absolute atomic E-state index is 12.8. The van der Waals surface area contributed by atoms with Gasteiger partial charge in [-0.05, 0) is 60.8 Å². The highest BCUT2D eigenvalue weighted by Crippen LogP contribution is 2.36. The Kier molecular flexibility index (Phi) is 8.30. The van der Waals surface area contributed by atoms with E-state index >= 15 is 0 Å². The van der Waals surface area contributed by atoms with Crippen molar-refractivity contribution in [3.63, 3.8) is 0 Å². The highest BCUT2D eigenvalue weighted by atomic mass is 127. The molecule has 0 saturated heterocycles. The molecule has 2 heterocycles. The van der Waals surface area contributed by atoms with E-state index in [0.29, 0.717) is 38.8 Å². The smallest absolute Gasteiger partial charge is 0.306 e. The van der Waals surface area contributed by atoms with Crippen LogP contribution in [0.25, 0.3) is 22.4 Å². The van der Waals surface area contributed by atoms with E-state index in [4.69, 9.17) is 4.42 Å². The fraction of sp³-hybridized carbons (Fsp3) is 0.400. The Hall–Kier alpha value is -2.51. The van der Waals surface area contributed by atoms with Crippen molar-refractivity contribution in [2.75, 3.05) is 13.6 Å². The van der Waals surface area contributed by atoms with Crippen molar-refractivity contribution in [2.45, 2.75) is 39.2 Å². The maximum atomic E-state index is 12.8. The van der Waals surface area contributed by atoms with Crippen molar-refractivity contribution >= 4 is 56.5 Å². The first kappa shape index (κ1) is 26.6. The number of aliphatic carboxylic acids is 1. The van der Waals surface area contributed by atoms with E-state index in [-0.39, 0.29) is 30.6 Å². The monoisotopic (exact) mass is 625 g/mol. The predicted octanol–water partition coefficient (Wildman–Crippen LogP) is 3.99. The Bertz CT molecular complexity index is 1360. The SMILES string of the molecule is CNC(=O)c1c(-c2ccc(C)cc2)oc2nc(CN(CCC3CCCC3C(=O)O)[SH](=O)=O)c(I)cc12. The largest absolute Gasteiger partial charge is 0.481 e. The summed E-state index contributed by atoms with van der Waals surface area (Å²) in [6, 6.07) is 9.41. The van der Waals surface area contributed by atoms with Crippen molar-refractivity contribution in [1.82, 2.24) is 14.6 Å². The minimum atomic E-state index is -2.90. The number of rotatable bonds is 9. The summed E-state index contributed by atoms with van der Waals surface area (Å²) in [4.78, 5) is 28.9. The average molecular weight is 625 g/mol. The van der Waals surface area contributed by atoms with Crippen molar-refractivity contribution in [2.24, 2.45) is 11.8 Å². The summed E-state index contributed by atoms with van der Waals surface area (Å²) in [6.07, 6.45) is 2.75. The molecule has 9 nitrogen and oxygen atoms in total. The van der Waals surface area contributed by atoms with Gasteiger partial charge in [0.25, 0.3) is 5.91 Å². The third-order valence-corrected chi connectivity index (χ3v) is 8.51. The number of hydrogen-bond donors (Lipinski definition) is 3. The molecule has 1 amide bonds. The van der Waals surface area contributed by atoms with Crippen LogP contribution in [-0.2, 0) is 22.2 Å². The normalized spacial score (nSPS) is 17.8. The summed E-state index contributed by atoms with van der Waals surface area (Å²) < 4.78 is 32.1. The number of amides is 1. The lowest BCUT2D eigenvalue weighted by atomic mass is 9.93. The van der Waals surface area contributed by atoms with Gasteiger partial charge in [0.2, 0.25) is 16.6 Å². The molecule has 0 radical (unpaired) electrons. The van der Waals surface area contributed by atoms with E-state index in [1.807, 2.05) is 31.2 Å². The fourth-order valence-corrected chi connectivity index (χ4v) is 5.95. The summed E-state index contributed by atoms with van der Waals surface area (Å²) in [7, 11) is -1.35. The van der Waals surface area contributed by atoms with Gasteiger partial charge in [-0.3, -0.25) is 9.59 Å². The van der Waals surface area contributed by atoms with Crippen LogP contribution in [0.2, 0.25) is 0 Å². The quantitative estimate of drug-likeness (QED) is 0.242. The average Bonchev–Trinajstić information content (AvgIpc) is 3.46. The lowest BCUT2D eigenvalue weighted by Gasteiger charge is -2.20. The summed E-state index contributed by atoms with van der Waals surface area (Å²) in [5, 5.41) is 12.6. The number of carbonyl (C=O) groups excluding carboxylic acids is 1. The number of benzene rings is 1. The van der Waals surface area contributed by atoms with Gasteiger partial charge in [0.1, 0.15) is 5.76 Å². The topological polar surface area (TPSA) is 130 Å². The van der Waals surface area contributed by atoms with Crippen LogP contribution in [-0.4, -0.2) is 48.3 Å². The van der Waals surface area contributed by atoms with Gasteiger partial charge in [-0.15, -0.1) is 0 Å². The van der Waals surface area contributed by atoms with Gasteiger partial charge in [-0.25, -0.2) is 13.4 Å². The molecule has 2 N–H and O–H groups in total. The Labute approximate surface area is 224 Å². The zero-order valence-electron chi connectivity index (χ0n) is 20.0. The van der Waals surface area contributed by atoms with Crippen LogP contribution >= 0.6 is 22.6 Å². The number of hydrogen-bond acceptors (Lipinski definition) is 6. The molecule has 192 valence electrons. The van der Waals surface area contributed by atoms with Crippen LogP contribution < -0.4 is 5.32 Å². The highest BCUT2D eigenvalue weighted by molar-refractivity contribution is 14.1. The van der Waals surface area contributed by atoms with E-state index in [9.17, 15) is 23.1 Å². The number of thiol groups is 1. The van der Waals surface area contributed by atoms with Crippen molar-refractivity contribution in [3.05, 3.63) is 50.7 Å². The van der Waals surface area contributed by atoms with E-state index in [1.165, 1.54) is 4.31 Å². The van der Waals surface area contributed by atoms with Crippen LogP contribution in [0.1, 0.15) is 47.3 Å². The molecule has 3 aromatic rings. The number of nitrogens with one attached hydrogen (secondary N) is 1. The standard InChI is InChI=1S/C25H28IN3O6S/c1-14-6-8-16(9-7-14)22-21(23(30)27-2)18-12-19(26)20(28-24(18)35-22)13-29(36(33)34)11-10-15-4-3-5-17(15)25(31)32/h6-9,12,15,17,36H,3-5,10-11,13H2,1-2H3,(H,27,30)(H,31,32). The molecule has 1 aromatic carbocycles. The Morgan fingerprint density at radius 3 is 2.61 bits per heavy atom. The van der Waals surface area contributed by atoms with Crippen LogP contribution in [0.3, 0.4) is 0 Å². The molecular formula is C25H28IN3O6S. The first-order valence-electron chi connectivity index (χ1n) is 11.7. The lowest BCUT2D eigenvalue weighted by molar-refractivity contribution is -0.143. The lowest BCUT2D eigenvalue weighted by Crippen LogP contribution is -2.27. The number of carboxylic acid groups (broad SMARTS) is 1. The molecular weight excluding hydrogens is 597 g/mol. The number of aromatic nitrogens is 1. The van der Waals surface area contributed by atoms with Gasteiger partial charge in [0, 0.05) is 22.7 Å². The summed E-state index contributed by atoms with van der Waals surface area (Å²) in [5.74, 6) is -1.17. The van der Waals surface area contributed by atoms with E-state index in [2.05, 4.69) is 32.9 Å². The van der Waals surface area contributed by atoms with Crippen molar-refractivity contribution in [3.8, 4) is 11.3 Å². The van der Waals surface area contributed by atoms with Crippen molar-refractivity contribution < 1.29 is 27.5 Å². The summed E-state index contributed by atoms with van der Waals surface area (Å²) in [5.41, 5.74) is 2.95. The molecule has 0 spiro atoms. The van der Waals surface area contributed by atoms with E-state index in [1.54, 1.807) is 13.1 Å². The Morgan fingerprint density at radius 2 is 1.97 bits per heavy atom. The second-order valence-corrected chi connectivity index (χ2v) is 11.3. The molecule has 36 heavy (non-hydrogen) atoms. The van der Waals surface area contributed by atoms with Crippen LogP contribution in [0.5, 0.6) is 0 Å². The number of furan rings is 1. The number of fused-ring (bicyclic) bond motifs is 1. The molecule has 1 saturated carbocycles. The van der Waals surface area contributed by atoms with Gasteiger partial charge in [-0.1, -0.05) is 36.2 Å². The highest BCUT2D eigenvalue weighted by Gasteiger charge is 2.33. The van der Waals surface area contributed by atoms with Crippen molar-refractivity contribution in [1.29, 1.82) is 0 Å². The van der Waals surface area contributed by atoms with Crippen LogP contribution in [0.4, 0.5) is 0 Å². The number of aryl methyl sites for hydroxylation is 1. The minimum Gasteiger partial charge on any atom is -0.481 e. The fourth-order valence-electron chi connectivity index (χ4n) is 4.82. The Balaban J connectivity index is 1.65. The van der Waals surface area contributed by atoms with Gasteiger partial charge in [0.05, 0.1) is 29.1 Å². The molecule has 2 aromatic heterocycles. The van der Waals surface area contributed by atoms with E-state index in [0.717, 1.165) is 24.0 Å². The second-order valence-electron chi connectivity index (χ2n) is 9.07. The molecule has 0 bridgehead atoms. The summed E-state index contributed by atoms with van der Waals surface area (Å²) in [6.45, 7) is 2.23. The number of nitrogens with zero attached hydrogens (tertiary/aromatic N) is 2. The van der Waals surface area contributed by atoms with Crippen LogP contribution in [0, 0.1) is 22.3 Å². The molecule has 1 aliphatic carbocycles. The first-order valence-corrected chi connectivity index (χ1v) is 13.9. The molecule has 4 rings (SSSR count). The number of carboxylic acids is 1. The van der Waals surface area contributed by atoms with Gasteiger partial charge in [-0.2, -0.15) is 4.31 Å². The van der Waals surface area contributed by atoms with Gasteiger partial charge in [0.15, 0.2) is 0 Å². The Morgan fingerprint density at radius 1 is 1.25 bits per heavy atom. The molecule has 11 heteroatoms. The predicted molar refractivity (Wildman–Crippen MR) is 144 cm³/mol. The molecule has 0 aliphatic heterocycles. The molecule has 2 atom stereocenters. The zero-order valence-corrected chi connectivity index (χ0v) is 23.0. The molecule has 1 aliphatic rings. The minimum absolute atomic E-state index is 0.0350. The zero-order chi connectivity index (χ0) is 26.0. The van der Waals surface area contributed by atoms with Gasteiger partial charge < -0.3 is 14.8 Å². The first-order chi connectivity index (χ1) is 17.2. The second kappa shape index (κ2) is 11.3. The molecule has 2 unspecified atom stereocenters. The third kappa shape index (κ3) is 5.57. The maximum Gasteiger partial charge on any atom is 0.306 e. The number of halogens is 1. The molecule has 1 fully saturated rings. The summed E-state index contributed by atoms with van der Waals surface area (Å²) >= 11 is 2.09. The number of pyridine rings is 1. The van der Waals surface area contributed by atoms with Crippen LogP contribution in [0.15, 0.2) is 34.7 Å². The third-order valence-electron chi connectivity index (χ3n) is 6.77. The number of carbonyl (C=O) groups is 2. The van der Waals surface area contributed by atoms with E-state index < -0.39 is 22.8 Å². The van der Waals surface area contributed by atoms with Gasteiger partial charge >= 0.3 is 5.97 Å².